The number of nitrogens with one attached hydrogen (secondary N) is 1. The minimum absolute atomic E-state index is 0.147. The molecule has 7 heteroatoms. The molecule has 0 radical (unpaired) electrons. The van der Waals surface area contributed by atoms with Gasteiger partial charge in [0.1, 0.15) is 18.0 Å². The summed E-state index contributed by atoms with van der Waals surface area (Å²) in [7, 11) is 0. The zero-order valence-corrected chi connectivity index (χ0v) is 12.8. The van der Waals surface area contributed by atoms with Gasteiger partial charge >= 0.3 is 0 Å². The maximum atomic E-state index is 13.3. The lowest BCUT2D eigenvalue weighted by atomic mass is 10.0. The predicted molar refractivity (Wildman–Crippen MR) is 78.2 cm³/mol. The maximum absolute atomic E-state index is 13.3. The Bertz CT molecular complexity index is 572. The van der Waals surface area contributed by atoms with E-state index in [-0.39, 0.29) is 11.9 Å². The first-order chi connectivity index (χ1) is 9.65. The van der Waals surface area contributed by atoms with Gasteiger partial charge in [0.05, 0.1) is 10.5 Å². The van der Waals surface area contributed by atoms with Gasteiger partial charge in [0.15, 0.2) is 0 Å². The Morgan fingerprint density at radius 1 is 1.50 bits per heavy atom. The van der Waals surface area contributed by atoms with Crippen LogP contribution in [0.1, 0.15) is 30.8 Å². The smallest absolute Gasteiger partial charge is 0.138 e. The third-order valence-electron chi connectivity index (χ3n) is 3.07. The SMILES string of the molecule is CCCn1ncnc1CC(NN)c1ccc(F)c(Br)c1. The maximum Gasteiger partial charge on any atom is 0.138 e. The summed E-state index contributed by atoms with van der Waals surface area (Å²) in [4.78, 5) is 4.26. The number of benzene rings is 1. The average Bonchev–Trinajstić information content (AvgIpc) is 2.87. The Kier molecular flexibility index (Phi) is 5.22. The second-order valence-electron chi connectivity index (χ2n) is 4.50. The normalized spacial score (nSPS) is 12.6. The van der Waals surface area contributed by atoms with Crippen LogP contribution >= 0.6 is 15.9 Å². The van der Waals surface area contributed by atoms with Gasteiger partial charge < -0.3 is 0 Å². The van der Waals surface area contributed by atoms with E-state index in [4.69, 9.17) is 5.84 Å². The number of nitrogens with zero attached hydrogens (tertiary/aromatic N) is 3. The summed E-state index contributed by atoms with van der Waals surface area (Å²) in [6.07, 6.45) is 3.12. The quantitative estimate of drug-likeness (QED) is 0.625. The molecule has 0 aliphatic rings. The summed E-state index contributed by atoms with van der Waals surface area (Å²) in [5, 5.41) is 4.19. The number of aryl methyl sites for hydroxylation is 1. The van der Waals surface area contributed by atoms with Crippen LogP contribution in [0.15, 0.2) is 29.0 Å². The fourth-order valence-electron chi connectivity index (χ4n) is 2.03. The molecule has 3 N–H and O–H groups in total. The van der Waals surface area contributed by atoms with Crippen LogP contribution in [-0.2, 0) is 13.0 Å². The van der Waals surface area contributed by atoms with Crippen molar-refractivity contribution in [3.8, 4) is 0 Å². The van der Waals surface area contributed by atoms with Gasteiger partial charge in [-0.25, -0.2) is 9.37 Å². The minimum Gasteiger partial charge on any atom is -0.271 e. The highest BCUT2D eigenvalue weighted by molar-refractivity contribution is 9.10. The fraction of sp³-hybridized carbons (Fsp3) is 0.385. The molecule has 0 fully saturated rings. The highest BCUT2D eigenvalue weighted by Gasteiger charge is 2.15. The Hall–Kier alpha value is -1.31. The van der Waals surface area contributed by atoms with E-state index in [0.717, 1.165) is 24.4 Å². The van der Waals surface area contributed by atoms with Crippen molar-refractivity contribution in [3.05, 3.63) is 46.2 Å². The molecule has 108 valence electrons. The molecular formula is C13H17BrFN5. The molecule has 0 aliphatic heterocycles. The minimum atomic E-state index is -0.293. The molecule has 0 bridgehead atoms. The number of halogens is 2. The number of rotatable bonds is 6. The van der Waals surface area contributed by atoms with Crippen LogP contribution in [-0.4, -0.2) is 14.8 Å². The van der Waals surface area contributed by atoms with Gasteiger partial charge in [-0.1, -0.05) is 13.0 Å². The Labute approximate surface area is 125 Å². The number of hydrogen-bond acceptors (Lipinski definition) is 4. The van der Waals surface area contributed by atoms with Crippen LogP contribution in [0.5, 0.6) is 0 Å². The van der Waals surface area contributed by atoms with E-state index in [1.165, 1.54) is 6.07 Å². The first-order valence-corrected chi connectivity index (χ1v) is 7.22. The molecule has 1 aromatic carbocycles. The predicted octanol–water partition coefficient (Wildman–Crippen LogP) is 2.34. The van der Waals surface area contributed by atoms with E-state index in [1.54, 1.807) is 18.5 Å². The number of hydrazine groups is 1. The number of nitrogens with two attached hydrogens (primary N) is 1. The van der Waals surface area contributed by atoms with E-state index in [1.807, 2.05) is 4.68 Å². The highest BCUT2D eigenvalue weighted by Crippen LogP contribution is 2.23. The molecular weight excluding hydrogens is 325 g/mol. The Morgan fingerprint density at radius 2 is 2.30 bits per heavy atom. The molecule has 2 aromatic rings. The summed E-state index contributed by atoms with van der Waals surface area (Å²) < 4.78 is 15.6. The average molecular weight is 342 g/mol. The number of hydrogen-bond donors (Lipinski definition) is 2. The van der Waals surface area contributed by atoms with Gasteiger partial charge in [-0.15, -0.1) is 0 Å². The standard InChI is InChI=1S/C13H17BrFN5/c1-2-5-20-13(17-8-18-20)7-12(19-16)9-3-4-11(15)10(14)6-9/h3-4,6,8,12,19H,2,5,7,16H2,1H3. The molecule has 0 aliphatic carbocycles. The van der Waals surface area contributed by atoms with Gasteiger partial charge in [-0.05, 0) is 40.0 Å². The van der Waals surface area contributed by atoms with Gasteiger partial charge in [0.2, 0.25) is 0 Å². The van der Waals surface area contributed by atoms with Gasteiger partial charge in [-0.3, -0.25) is 16.0 Å². The Morgan fingerprint density at radius 3 is 2.95 bits per heavy atom. The molecule has 20 heavy (non-hydrogen) atoms. The summed E-state index contributed by atoms with van der Waals surface area (Å²) in [5.74, 6) is 6.18. The van der Waals surface area contributed by atoms with Gasteiger partial charge in [0.25, 0.3) is 0 Å². The summed E-state index contributed by atoms with van der Waals surface area (Å²) in [6, 6.07) is 4.71. The van der Waals surface area contributed by atoms with E-state index >= 15 is 0 Å². The van der Waals surface area contributed by atoms with Gasteiger partial charge in [-0.2, -0.15) is 5.10 Å². The van der Waals surface area contributed by atoms with E-state index in [9.17, 15) is 4.39 Å². The highest BCUT2D eigenvalue weighted by atomic mass is 79.9. The van der Waals surface area contributed by atoms with Crippen molar-refractivity contribution in [2.45, 2.75) is 32.4 Å². The zero-order valence-electron chi connectivity index (χ0n) is 11.2. The molecule has 1 aromatic heterocycles. The van der Waals surface area contributed by atoms with Crippen LogP contribution in [0.4, 0.5) is 4.39 Å². The van der Waals surface area contributed by atoms with Crippen molar-refractivity contribution >= 4 is 15.9 Å². The Balaban J connectivity index is 2.19. The second-order valence-corrected chi connectivity index (χ2v) is 5.35. The molecule has 1 heterocycles. The van der Waals surface area contributed by atoms with Crippen LogP contribution in [0.25, 0.3) is 0 Å². The van der Waals surface area contributed by atoms with Crippen LogP contribution in [0.3, 0.4) is 0 Å². The largest absolute Gasteiger partial charge is 0.271 e. The van der Waals surface area contributed by atoms with E-state index < -0.39 is 0 Å². The second kappa shape index (κ2) is 6.92. The summed E-state index contributed by atoms with van der Waals surface area (Å²) in [6.45, 7) is 2.90. The zero-order chi connectivity index (χ0) is 14.5. The molecule has 1 atom stereocenters. The van der Waals surface area contributed by atoms with Crippen molar-refractivity contribution in [2.24, 2.45) is 5.84 Å². The third kappa shape index (κ3) is 3.41. The summed E-state index contributed by atoms with van der Waals surface area (Å²) in [5.41, 5.74) is 3.64. The molecule has 0 saturated heterocycles. The number of aromatic nitrogens is 3. The van der Waals surface area contributed by atoms with Crippen LogP contribution in [0, 0.1) is 5.82 Å². The lowest BCUT2D eigenvalue weighted by Gasteiger charge is -2.16. The van der Waals surface area contributed by atoms with Gasteiger partial charge in [0, 0.05) is 13.0 Å². The molecule has 0 saturated carbocycles. The lowest BCUT2D eigenvalue weighted by molar-refractivity contribution is 0.498. The summed E-state index contributed by atoms with van der Waals surface area (Å²) >= 11 is 3.18. The molecule has 0 spiro atoms. The molecule has 0 amide bonds. The van der Waals surface area contributed by atoms with Crippen molar-refractivity contribution in [3.63, 3.8) is 0 Å². The monoisotopic (exact) mass is 341 g/mol. The van der Waals surface area contributed by atoms with Crippen molar-refractivity contribution in [1.29, 1.82) is 0 Å². The van der Waals surface area contributed by atoms with E-state index in [2.05, 4.69) is 38.4 Å². The fourth-order valence-corrected chi connectivity index (χ4v) is 2.43. The van der Waals surface area contributed by atoms with Crippen molar-refractivity contribution in [2.75, 3.05) is 0 Å². The molecule has 2 rings (SSSR count). The van der Waals surface area contributed by atoms with Crippen LogP contribution in [0.2, 0.25) is 0 Å². The lowest BCUT2D eigenvalue weighted by Crippen LogP contribution is -2.30. The van der Waals surface area contributed by atoms with E-state index in [0.29, 0.717) is 10.9 Å². The first-order valence-electron chi connectivity index (χ1n) is 6.43. The molecule has 1 unspecified atom stereocenters. The molecule has 5 nitrogen and oxygen atoms in total. The van der Waals surface area contributed by atoms with Crippen molar-refractivity contribution < 1.29 is 4.39 Å². The topological polar surface area (TPSA) is 68.8 Å². The van der Waals surface area contributed by atoms with Crippen LogP contribution < -0.4 is 11.3 Å². The third-order valence-corrected chi connectivity index (χ3v) is 3.67. The van der Waals surface area contributed by atoms with Crippen molar-refractivity contribution in [1.82, 2.24) is 20.2 Å². The first kappa shape index (κ1) is 15.1.